The third-order valence-corrected chi connectivity index (χ3v) is 1.55. The third kappa shape index (κ3) is 3.73. The minimum Gasteiger partial charge on any atom is -0.316 e. The van der Waals surface area contributed by atoms with Gasteiger partial charge in [0, 0.05) is 0 Å². The van der Waals surface area contributed by atoms with Crippen molar-refractivity contribution in [2.24, 2.45) is 5.73 Å². The molecular formula is C7H7Cl2F5N2. The molecule has 1 aromatic heterocycles. The van der Waals surface area contributed by atoms with E-state index >= 15 is 0 Å². The molecule has 0 saturated carbocycles. The van der Waals surface area contributed by atoms with E-state index in [0.717, 1.165) is 0 Å². The SMILES string of the molecule is Cl.Cl.NC(c1c(F)cncc1F)C(F)(F)F. The van der Waals surface area contributed by atoms with Crippen molar-refractivity contribution in [3.05, 3.63) is 29.6 Å². The highest BCUT2D eigenvalue weighted by Gasteiger charge is 2.41. The summed E-state index contributed by atoms with van der Waals surface area (Å²) in [6.45, 7) is 0. The molecule has 0 spiro atoms. The van der Waals surface area contributed by atoms with Crippen molar-refractivity contribution in [1.29, 1.82) is 0 Å². The molecule has 0 fully saturated rings. The van der Waals surface area contributed by atoms with Crippen molar-refractivity contribution in [1.82, 2.24) is 4.98 Å². The van der Waals surface area contributed by atoms with E-state index in [0.29, 0.717) is 12.4 Å². The predicted molar refractivity (Wildman–Crippen MR) is 51.6 cm³/mol. The van der Waals surface area contributed by atoms with Crippen LogP contribution in [0.1, 0.15) is 11.6 Å². The number of hydrogen-bond donors (Lipinski definition) is 1. The Labute approximate surface area is 99.9 Å². The maximum atomic E-state index is 12.7. The van der Waals surface area contributed by atoms with Gasteiger partial charge in [-0.05, 0) is 0 Å². The number of pyridine rings is 1. The maximum absolute atomic E-state index is 12.7. The molecule has 0 saturated heterocycles. The first-order valence-corrected chi connectivity index (χ1v) is 3.45. The Hall–Kier alpha value is -0.660. The highest BCUT2D eigenvalue weighted by molar-refractivity contribution is 5.85. The minimum atomic E-state index is -4.89. The van der Waals surface area contributed by atoms with E-state index < -0.39 is 29.4 Å². The van der Waals surface area contributed by atoms with Crippen LogP contribution in [-0.4, -0.2) is 11.2 Å². The van der Waals surface area contributed by atoms with Gasteiger partial charge in [-0.3, -0.25) is 4.98 Å². The van der Waals surface area contributed by atoms with E-state index in [1.807, 2.05) is 0 Å². The van der Waals surface area contributed by atoms with Crippen molar-refractivity contribution in [3.63, 3.8) is 0 Å². The van der Waals surface area contributed by atoms with Crippen LogP contribution >= 0.6 is 24.8 Å². The van der Waals surface area contributed by atoms with Gasteiger partial charge in [-0.2, -0.15) is 13.2 Å². The molecule has 0 amide bonds. The van der Waals surface area contributed by atoms with Gasteiger partial charge >= 0.3 is 6.18 Å². The van der Waals surface area contributed by atoms with Crippen molar-refractivity contribution in [3.8, 4) is 0 Å². The Morgan fingerprint density at radius 3 is 1.75 bits per heavy atom. The van der Waals surface area contributed by atoms with Gasteiger partial charge in [0.15, 0.2) is 0 Å². The summed E-state index contributed by atoms with van der Waals surface area (Å²) in [6, 6.07) is -2.68. The minimum absolute atomic E-state index is 0. The fourth-order valence-electron chi connectivity index (χ4n) is 0.882. The van der Waals surface area contributed by atoms with Crippen molar-refractivity contribution >= 4 is 24.8 Å². The van der Waals surface area contributed by atoms with E-state index in [4.69, 9.17) is 0 Å². The lowest BCUT2D eigenvalue weighted by atomic mass is 10.1. The summed E-state index contributed by atoms with van der Waals surface area (Å²) in [5, 5.41) is 0. The summed E-state index contributed by atoms with van der Waals surface area (Å²) in [6.07, 6.45) is -3.93. The molecule has 1 heterocycles. The Bertz CT molecular complexity index is 324. The highest BCUT2D eigenvalue weighted by Crippen LogP contribution is 2.32. The quantitative estimate of drug-likeness (QED) is 0.806. The molecule has 0 bridgehead atoms. The monoisotopic (exact) mass is 284 g/mol. The molecule has 0 aliphatic heterocycles. The molecule has 16 heavy (non-hydrogen) atoms. The molecule has 2 N–H and O–H groups in total. The first kappa shape index (κ1) is 17.7. The first-order valence-electron chi connectivity index (χ1n) is 3.45. The normalized spacial score (nSPS) is 12.4. The van der Waals surface area contributed by atoms with E-state index in [2.05, 4.69) is 10.7 Å². The van der Waals surface area contributed by atoms with E-state index in [1.165, 1.54) is 0 Å². The summed E-state index contributed by atoms with van der Waals surface area (Å²) in [5.74, 6) is -2.82. The molecule has 0 aromatic carbocycles. The van der Waals surface area contributed by atoms with Gasteiger partial charge in [0.1, 0.15) is 17.7 Å². The first-order chi connectivity index (χ1) is 6.34. The number of rotatable bonds is 1. The summed E-state index contributed by atoms with van der Waals surface area (Å²) >= 11 is 0. The topological polar surface area (TPSA) is 38.9 Å². The number of aromatic nitrogens is 1. The van der Waals surface area contributed by atoms with E-state index in [-0.39, 0.29) is 24.8 Å². The molecule has 0 radical (unpaired) electrons. The second-order valence-corrected chi connectivity index (χ2v) is 2.54. The van der Waals surface area contributed by atoms with Crippen LogP contribution in [0.15, 0.2) is 12.4 Å². The fourth-order valence-corrected chi connectivity index (χ4v) is 0.882. The lowest BCUT2D eigenvalue weighted by Crippen LogP contribution is -2.30. The molecule has 1 atom stereocenters. The third-order valence-electron chi connectivity index (χ3n) is 1.55. The lowest BCUT2D eigenvalue weighted by molar-refractivity contribution is -0.150. The maximum Gasteiger partial charge on any atom is 0.407 e. The van der Waals surface area contributed by atoms with Gasteiger partial charge in [0.05, 0.1) is 18.0 Å². The average molecular weight is 285 g/mol. The van der Waals surface area contributed by atoms with Crippen LogP contribution in [0.25, 0.3) is 0 Å². The fraction of sp³-hybridized carbons (Fsp3) is 0.286. The molecule has 94 valence electrons. The zero-order valence-corrected chi connectivity index (χ0v) is 9.10. The summed E-state index contributed by atoms with van der Waals surface area (Å²) in [5.41, 5.74) is 3.43. The van der Waals surface area contributed by atoms with Gasteiger partial charge in [-0.25, -0.2) is 8.78 Å². The van der Waals surface area contributed by atoms with Crippen LogP contribution in [0.5, 0.6) is 0 Å². The summed E-state index contributed by atoms with van der Waals surface area (Å²) in [4.78, 5) is 3.04. The van der Waals surface area contributed by atoms with Crippen LogP contribution in [0, 0.1) is 11.6 Å². The Kier molecular flexibility index (Phi) is 6.83. The standard InChI is InChI=1S/C7H5F5N2.2ClH/c8-3-1-14-2-4(9)5(3)6(13)7(10,11)12;;/h1-2,6H,13H2;2*1H. The Balaban J connectivity index is 0. The van der Waals surface area contributed by atoms with Gasteiger partial charge in [0.25, 0.3) is 0 Å². The van der Waals surface area contributed by atoms with Crippen molar-refractivity contribution < 1.29 is 22.0 Å². The predicted octanol–water partition coefficient (Wildman–Crippen LogP) is 2.77. The van der Waals surface area contributed by atoms with Gasteiger partial charge in [0.2, 0.25) is 0 Å². The molecule has 2 nitrogen and oxygen atoms in total. The average Bonchev–Trinajstić information content (AvgIpc) is 2.01. The highest BCUT2D eigenvalue weighted by atomic mass is 35.5. The molecule has 9 heteroatoms. The molecule has 1 unspecified atom stereocenters. The molecule has 0 aliphatic rings. The van der Waals surface area contributed by atoms with Gasteiger partial charge < -0.3 is 5.73 Å². The number of hydrogen-bond acceptors (Lipinski definition) is 2. The molecule has 0 aliphatic carbocycles. The molecule has 1 rings (SSSR count). The number of nitrogens with two attached hydrogens (primary N) is 1. The lowest BCUT2D eigenvalue weighted by Gasteiger charge is -2.16. The van der Waals surface area contributed by atoms with Gasteiger partial charge in [-0.1, -0.05) is 0 Å². The van der Waals surface area contributed by atoms with Crippen LogP contribution in [0.3, 0.4) is 0 Å². The Morgan fingerprint density at radius 1 is 1.06 bits per heavy atom. The summed E-state index contributed by atoms with van der Waals surface area (Å²) < 4.78 is 61.5. The largest absolute Gasteiger partial charge is 0.407 e. The van der Waals surface area contributed by atoms with E-state index in [9.17, 15) is 22.0 Å². The van der Waals surface area contributed by atoms with Crippen molar-refractivity contribution in [2.75, 3.05) is 0 Å². The summed E-state index contributed by atoms with van der Waals surface area (Å²) in [7, 11) is 0. The second kappa shape index (κ2) is 6.17. The van der Waals surface area contributed by atoms with Crippen LogP contribution < -0.4 is 5.73 Å². The molecular weight excluding hydrogens is 278 g/mol. The van der Waals surface area contributed by atoms with Crippen LogP contribution in [0.2, 0.25) is 0 Å². The number of alkyl halides is 3. The van der Waals surface area contributed by atoms with Crippen LogP contribution in [-0.2, 0) is 0 Å². The number of nitrogens with zero attached hydrogens (tertiary/aromatic N) is 1. The Morgan fingerprint density at radius 2 is 1.44 bits per heavy atom. The zero-order valence-electron chi connectivity index (χ0n) is 7.46. The van der Waals surface area contributed by atoms with Crippen molar-refractivity contribution in [2.45, 2.75) is 12.2 Å². The smallest absolute Gasteiger partial charge is 0.316 e. The van der Waals surface area contributed by atoms with Crippen LogP contribution in [0.4, 0.5) is 22.0 Å². The number of halogens is 7. The van der Waals surface area contributed by atoms with E-state index in [1.54, 1.807) is 0 Å². The van der Waals surface area contributed by atoms with Gasteiger partial charge in [-0.15, -0.1) is 24.8 Å². The zero-order chi connectivity index (χ0) is 10.9. The molecule has 1 aromatic rings. The second-order valence-electron chi connectivity index (χ2n) is 2.54.